The van der Waals surface area contributed by atoms with Gasteiger partial charge in [-0.3, -0.25) is 9.59 Å². The van der Waals surface area contributed by atoms with E-state index in [1.165, 1.54) is 23.5 Å². The zero-order chi connectivity index (χ0) is 11.4. The molecule has 0 aromatic rings. The second-order valence-corrected chi connectivity index (χ2v) is 6.21. The highest BCUT2D eigenvalue weighted by Gasteiger charge is 2.39. The van der Waals surface area contributed by atoms with Crippen LogP contribution in [0.4, 0.5) is 0 Å². The summed E-state index contributed by atoms with van der Waals surface area (Å²) in [5.41, 5.74) is 0. The van der Waals surface area contributed by atoms with E-state index in [-0.39, 0.29) is 10.7 Å². The lowest BCUT2D eigenvalue weighted by Gasteiger charge is -2.18. The summed E-state index contributed by atoms with van der Waals surface area (Å²) in [5.74, 6) is -0.954. The first kappa shape index (κ1) is 12.7. The first-order valence-corrected chi connectivity index (χ1v) is 6.78. The third-order valence-electron chi connectivity index (χ3n) is 1.79. The van der Waals surface area contributed by atoms with Gasteiger partial charge in [-0.1, -0.05) is 0 Å². The molecule has 1 rings (SSSR count). The Labute approximate surface area is 97.1 Å². The van der Waals surface area contributed by atoms with E-state index in [1.54, 1.807) is 13.8 Å². The van der Waals surface area contributed by atoms with Gasteiger partial charge in [-0.25, -0.2) is 0 Å². The number of hydrogen-bond donors (Lipinski definition) is 1. The van der Waals surface area contributed by atoms with Crippen LogP contribution in [0.15, 0.2) is 0 Å². The van der Waals surface area contributed by atoms with Crippen molar-refractivity contribution in [2.24, 2.45) is 5.92 Å². The van der Waals surface area contributed by atoms with Crippen LogP contribution in [0.3, 0.4) is 0 Å². The van der Waals surface area contributed by atoms with Crippen molar-refractivity contribution < 1.29 is 19.4 Å². The van der Waals surface area contributed by atoms with Crippen molar-refractivity contribution in [3.05, 3.63) is 0 Å². The third-order valence-corrected chi connectivity index (χ3v) is 4.95. The van der Waals surface area contributed by atoms with Crippen LogP contribution in [0, 0.1) is 5.92 Å². The molecule has 1 aliphatic heterocycles. The van der Waals surface area contributed by atoms with Crippen LogP contribution in [0.2, 0.25) is 0 Å². The molecule has 0 amide bonds. The summed E-state index contributed by atoms with van der Waals surface area (Å²) in [7, 11) is 0. The predicted molar refractivity (Wildman–Crippen MR) is 61.1 cm³/mol. The molecule has 4 nitrogen and oxygen atoms in total. The lowest BCUT2D eigenvalue weighted by Crippen LogP contribution is -2.33. The first-order valence-electron chi connectivity index (χ1n) is 4.69. The van der Waals surface area contributed by atoms with E-state index in [1.807, 2.05) is 0 Å². The molecule has 1 aliphatic rings. The van der Waals surface area contributed by atoms with Crippen molar-refractivity contribution in [3.8, 4) is 0 Å². The average Bonchev–Trinajstić information content (AvgIpc) is 2.54. The topological polar surface area (TPSA) is 63.6 Å². The van der Waals surface area contributed by atoms with Gasteiger partial charge in [-0.2, -0.15) is 0 Å². The normalized spacial score (nSPS) is 19.1. The van der Waals surface area contributed by atoms with Crippen LogP contribution < -0.4 is 0 Å². The van der Waals surface area contributed by atoms with E-state index in [4.69, 9.17) is 9.84 Å². The summed E-state index contributed by atoms with van der Waals surface area (Å²) in [6.07, 6.45) is -0.268. The van der Waals surface area contributed by atoms with Gasteiger partial charge in [0.15, 0.2) is 5.92 Å². The minimum Gasteiger partial charge on any atom is -0.481 e. The SMILES string of the molecule is CC(C)OC(=O)C(C(=O)O)C1SCCS1. The summed E-state index contributed by atoms with van der Waals surface area (Å²) in [4.78, 5) is 22.5. The Kier molecular flexibility index (Phi) is 4.79. The van der Waals surface area contributed by atoms with E-state index in [2.05, 4.69) is 0 Å². The van der Waals surface area contributed by atoms with Gasteiger partial charge < -0.3 is 9.84 Å². The Morgan fingerprint density at radius 1 is 1.33 bits per heavy atom. The van der Waals surface area contributed by atoms with Gasteiger partial charge in [-0.05, 0) is 13.8 Å². The fraction of sp³-hybridized carbons (Fsp3) is 0.778. The molecule has 1 N–H and O–H groups in total. The monoisotopic (exact) mass is 250 g/mol. The molecular formula is C9H14O4S2. The number of rotatable bonds is 4. The van der Waals surface area contributed by atoms with Gasteiger partial charge in [0, 0.05) is 11.5 Å². The third kappa shape index (κ3) is 3.61. The number of thioether (sulfide) groups is 2. The minimum atomic E-state index is -1.09. The number of ether oxygens (including phenoxy) is 1. The maximum Gasteiger partial charge on any atom is 0.322 e. The van der Waals surface area contributed by atoms with E-state index < -0.39 is 17.9 Å². The number of esters is 1. The molecule has 6 heteroatoms. The van der Waals surface area contributed by atoms with Crippen molar-refractivity contribution >= 4 is 35.5 Å². The number of carbonyl (C=O) groups excluding carboxylic acids is 1. The summed E-state index contributed by atoms with van der Waals surface area (Å²) in [6.45, 7) is 3.43. The van der Waals surface area contributed by atoms with E-state index in [9.17, 15) is 9.59 Å². The van der Waals surface area contributed by atoms with Crippen molar-refractivity contribution in [3.63, 3.8) is 0 Å². The zero-order valence-corrected chi connectivity index (χ0v) is 10.3. The lowest BCUT2D eigenvalue weighted by atomic mass is 10.2. The van der Waals surface area contributed by atoms with E-state index in [0.717, 1.165) is 11.5 Å². The van der Waals surface area contributed by atoms with Crippen LogP contribution in [-0.4, -0.2) is 39.2 Å². The molecule has 0 aromatic heterocycles. The van der Waals surface area contributed by atoms with Crippen molar-refractivity contribution in [2.75, 3.05) is 11.5 Å². The van der Waals surface area contributed by atoms with Gasteiger partial charge >= 0.3 is 11.9 Å². The fourth-order valence-electron chi connectivity index (χ4n) is 1.20. The van der Waals surface area contributed by atoms with Crippen molar-refractivity contribution in [1.82, 2.24) is 0 Å². The maximum absolute atomic E-state index is 11.6. The highest BCUT2D eigenvalue weighted by atomic mass is 32.2. The predicted octanol–water partition coefficient (Wildman–Crippen LogP) is 1.44. The zero-order valence-electron chi connectivity index (χ0n) is 8.63. The summed E-state index contributed by atoms with van der Waals surface area (Å²) >= 11 is 3.03. The van der Waals surface area contributed by atoms with E-state index >= 15 is 0 Å². The molecule has 0 bridgehead atoms. The molecule has 86 valence electrons. The number of carbonyl (C=O) groups is 2. The smallest absolute Gasteiger partial charge is 0.322 e. The molecule has 15 heavy (non-hydrogen) atoms. The molecule has 1 saturated heterocycles. The molecule has 0 saturated carbocycles. The largest absolute Gasteiger partial charge is 0.481 e. The summed E-state index contributed by atoms with van der Waals surface area (Å²) in [6, 6.07) is 0. The number of carboxylic acids is 1. The summed E-state index contributed by atoms with van der Waals surface area (Å²) < 4.78 is 4.74. The Balaban J connectivity index is 2.64. The molecule has 0 aliphatic carbocycles. The van der Waals surface area contributed by atoms with E-state index in [0.29, 0.717) is 0 Å². The van der Waals surface area contributed by atoms with Crippen molar-refractivity contribution in [2.45, 2.75) is 24.5 Å². The second-order valence-electron chi connectivity index (χ2n) is 3.41. The average molecular weight is 250 g/mol. The Hall–Kier alpha value is -0.360. The lowest BCUT2D eigenvalue weighted by molar-refractivity contribution is -0.160. The molecule has 1 atom stereocenters. The van der Waals surface area contributed by atoms with Crippen LogP contribution in [0.5, 0.6) is 0 Å². The number of aliphatic carboxylic acids is 1. The number of carboxylic acid groups (broad SMARTS) is 1. The molecule has 0 spiro atoms. The second kappa shape index (κ2) is 5.65. The molecule has 1 fully saturated rings. The summed E-state index contributed by atoms with van der Waals surface area (Å²) in [5, 5.41) is 8.99. The highest BCUT2D eigenvalue weighted by molar-refractivity contribution is 8.20. The van der Waals surface area contributed by atoms with Crippen LogP contribution >= 0.6 is 23.5 Å². The highest BCUT2D eigenvalue weighted by Crippen LogP contribution is 2.38. The minimum absolute atomic E-state index is 0.200. The quantitative estimate of drug-likeness (QED) is 0.602. The van der Waals surface area contributed by atoms with Gasteiger partial charge in [0.2, 0.25) is 0 Å². The Morgan fingerprint density at radius 3 is 2.27 bits per heavy atom. The van der Waals surface area contributed by atoms with Crippen LogP contribution in [0.25, 0.3) is 0 Å². The van der Waals surface area contributed by atoms with Gasteiger partial charge in [0.05, 0.1) is 10.7 Å². The Bertz CT molecular complexity index is 248. The molecular weight excluding hydrogens is 236 g/mol. The molecule has 1 unspecified atom stereocenters. The molecule has 0 aromatic carbocycles. The fourth-order valence-corrected chi connectivity index (χ4v) is 4.24. The standard InChI is InChI=1S/C9H14O4S2/c1-5(2)13-8(12)6(7(10)11)9-14-3-4-15-9/h5-6,9H,3-4H2,1-2H3,(H,10,11). The van der Waals surface area contributed by atoms with Gasteiger partial charge in [-0.15, -0.1) is 23.5 Å². The number of hydrogen-bond acceptors (Lipinski definition) is 5. The van der Waals surface area contributed by atoms with Gasteiger partial charge in [0.25, 0.3) is 0 Å². The van der Waals surface area contributed by atoms with Crippen LogP contribution in [-0.2, 0) is 14.3 Å². The Morgan fingerprint density at radius 2 is 1.87 bits per heavy atom. The van der Waals surface area contributed by atoms with Crippen LogP contribution in [0.1, 0.15) is 13.8 Å². The maximum atomic E-state index is 11.6. The van der Waals surface area contributed by atoms with Gasteiger partial charge in [0.1, 0.15) is 0 Å². The molecule has 0 radical (unpaired) electrons. The molecule has 1 heterocycles. The first-order chi connectivity index (χ1) is 7.02. The van der Waals surface area contributed by atoms with Crippen molar-refractivity contribution in [1.29, 1.82) is 0 Å².